The van der Waals surface area contributed by atoms with Crippen LogP contribution in [-0.4, -0.2) is 43.4 Å². The van der Waals surface area contributed by atoms with E-state index in [1.807, 2.05) is 18.2 Å². The monoisotopic (exact) mass is 364 g/mol. The number of benzene rings is 1. The molecule has 1 aliphatic heterocycles. The Morgan fingerprint density at radius 1 is 1.15 bits per heavy atom. The summed E-state index contributed by atoms with van der Waals surface area (Å²) >= 11 is 0. The summed E-state index contributed by atoms with van der Waals surface area (Å²) in [5, 5.41) is 10.9. The molecule has 1 aromatic carbocycles. The number of imidazole rings is 1. The number of amides is 1. The Morgan fingerprint density at radius 2 is 2.00 bits per heavy atom. The van der Waals surface area contributed by atoms with Crippen LogP contribution in [0.4, 0.5) is 0 Å². The van der Waals surface area contributed by atoms with E-state index < -0.39 is 12.0 Å². The molecule has 3 aromatic rings. The Morgan fingerprint density at radius 3 is 2.85 bits per heavy atom. The fourth-order valence-corrected chi connectivity index (χ4v) is 4.46. The number of aromatic amines is 2. The van der Waals surface area contributed by atoms with Gasteiger partial charge in [-0.2, -0.15) is 0 Å². The van der Waals surface area contributed by atoms with Gasteiger partial charge in [0.2, 0.25) is 0 Å². The fraction of sp³-hybridized carbons (Fsp3) is 0.350. The number of hydrogen-bond acceptors (Lipinski definition) is 3. The van der Waals surface area contributed by atoms with E-state index in [0.717, 1.165) is 24.1 Å². The molecule has 0 saturated carbocycles. The van der Waals surface area contributed by atoms with Gasteiger partial charge in [0.15, 0.2) is 6.04 Å². The van der Waals surface area contributed by atoms with Gasteiger partial charge in [-0.25, -0.2) is 9.78 Å². The fourth-order valence-electron chi connectivity index (χ4n) is 4.46. The maximum atomic E-state index is 13.1. The van der Waals surface area contributed by atoms with E-state index in [0.29, 0.717) is 24.2 Å². The molecule has 5 rings (SSSR count). The van der Waals surface area contributed by atoms with E-state index in [9.17, 15) is 14.7 Å². The maximum Gasteiger partial charge on any atom is 0.332 e. The number of fused-ring (bicyclic) bond motifs is 4. The molecule has 27 heavy (non-hydrogen) atoms. The van der Waals surface area contributed by atoms with Crippen molar-refractivity contribution in [3.8, 4) is 0 Å². The summed E-state index contributed by atoms with van der Waals surface area (Å²) in [5.74, 6) is -1.33. The van der Waals surface area contributed by atoms with Crippen molar-refractivity contribution in [2.75, 3.05) is 6.54 Å². The molecule has 0 saturated heterocycles. The van der Waals surface area contributed by atoms with Crippen LogP contribution in [0.3, 0.4) is 0 Å². The first-order valence-corrected chi connectivity index (χ1v) is 9.33. The van der Waals surface area contributed by atoms with E-state index in [1.165, 1.54) is 40.7 Å². The summed E-state index contributed by atoms with van der Waals surface area (Å²) in [7, 11) is 0. The zero-order chi connectivity index (χ0) is 18.5. The van der Waals surface area contributed by atoms with Gasteiger partial charge in [0.05, 0.1) is 12.0 Å². The minimum absolute atomic E-state index is 0.273. The molecule has 1 atom stereocenters. The van der Waals surface area contributed by atoms with Crippen LogP contribution < -0.4 is 0 Å². The molecule has 0 radical (unpaired) electrons. The standard InChI is InChI=1S/C20H20N4O3/c25-19(24-8-7-15-17(22-10-21-15)18(24)20(26)27)11-5-6-13-12-3-1-2-4-14(12)23-16(13)9-11/h5-6,9-10,18,23H,1-4,7-8H2,(H,21,22)(H,26,27)/t18-/m0/s1. The van der Waals surface area contributed by atoms with Gasteiger partial charge >= 0.3 is 5.97 Å². The highest BCUT2D eigenvalue weighted by atomic mass is 16.4. The summed E-state index contributed by atoms with van der Waals surface area (Å²) in [5.41, 5.74) is 5.31. The van der Waals surface area contributed by atoms with Crippen LogP contribution in [0.25, 0.3) is 10.9 Å². The molecule has 3 N–H and O–H groups in total. The lowest BCUT2D eigenvalue weighted by atomic mass is 9.95. The van der Waals surface area contributed by atoms with Crippen LogP contribution in [0.5, 0.6) is 0 Å². The van der Waals surface area contributed by atoms with Crippen molar-refractivity contribution < 1.29 is 14.7 Å². The highest BCUT2D eigenvalue weighted by molar-refractivity contribution is 6.00. The third kappa shape index (κ3) is 2.45. The predicted octanol–water partition coefficient (Wildman–Crippen LogP) is 2.59. The summed E-state index contributed by atoms with van der Waals surface area (Å²) in [4.78, 5) is 37.0. The second kappa shape index (κ2) is 5.97. The van der Waals surface area contributed by atoms with Crippen molar-refractivity contribution in [2.45, 2.75) is 38.1 Å². The smallest absolute Gasteiger partial charge is 0.332 e. The molecule has 0 spiro atoms. The number of rotatable bonds is 2. The van der Waals surface area contributed by atoms with E-state index in [4.69, 9.17) is 0 Å². The largest absolute Gasteiger partial charge is 0.479 e. The van der Waals surface area contributed by atoms with Gasteiger partial charge in [0.25, 0.3) is 5.91 Å². The Kier molecular flexibility index (Phi) is 3.56. The number of H-pyrrole nitrogens is 2. The van der Waals surface area contributed by atoms with Crippen LogP contribution in [0.2, 0.25) is 0 Å². The first-order valence-electron chi connectivity index (χ1n) is 9.33. The van der Waals surface area contributed by atoms with Crippen LogP contribution in [0.15, 0.2) is 24.5 Å². The van der Waals surface area contributed by atoms with Crippen molar-refractivity contribution in [1.29, 1.82) is 0 Å². The number of aliphatic carboxylic acids is 1. The molecule has 138 valence electrons. The van der Waals surface area contributed by atoms with Gasteiger partial charge in [-0.15, -0.1) is 0 Å². The number of nitrogens with zero attached hydrogens (tertiary/aromatic N) is 2. The lowest BCUT2D eigenvalue weighted by molar-refractivity contribution is -0.143. The van der Waals surface area contributed by atoms with Crippen LogP contribution in [0, 0.1) is 0 Å². The summed E-state index contributed by atoms with van der Waals surface area (Å²) in [6, 6.07) is 4.60. The average Bonchev–Trinajstić information content (AvgIpc) is 3.29. The van der Waals surface area contributed by atoms with Gasteiger partial charge in [-0.05, 0) is 43.4 Å². The number of aryl methyl sites for hydroxylation is 2. The number of carboxylic acid groups (broad SMARTS) is 1. The lowest BCUT2D eigenvalue weighted by Gasteiger charge is -2.32. The number of carbonyl (C=O) groups excluding carboxylic acids is 1. The minimum Gasteiger partial charge on any atom is -0.479 e. The average molecular weight is 364 g/mol. The molecule has 0 unspecified atom stereocenters. The van der Waals surface area contributed by atoms with E-state index in [1.54, 1.807) is 0 Å². The SMILES string of the molecule is O=C(O)[C@@H]1c2nc[nH]c2CCN1C(=O)c1ccc2c3c([nH]c2c1)CCCC3. The lowest BCUT2D eigenvalue weighted by Crippen LogP contribution is -2.43. The molecule has 3 heterocycles. The Labute approximate surface area is 155 Å². The maximum absolute atomic E-state index is 13.1. The Balaban J connectivity index is 1.52. The number of carbonyl (C=O) groups is 2. The number of carboxylic acids is 1. The predicted molar refractivity (Wildman–Crippen MR) is 98.6 cm³/mol. The molecule has 7 heteroatoms. The van der Waals surface area contributed by atoms with Crippen molar-refractivity contribution in [3.05, 3.63) is 52.7 Å². The van der Waals surface area contributed by atoms with Crippen molar-refractivity contribution in [2.24, 2.45) is 0 Å². The van der Waals surface area contributed by atoms with E-state index in [-0.39, 0.29) is 5.91 Å². The zero-order valence-corrected chi connectivity index (χ0v) is 14.8. The molecule has 2 aliphatic rings. The van der Waals surface area contributed by atoms with Crippen LogP contribution in [-0.2, 0) is 24.1 Å². The summed E-state index contributed by atoms with van der Waals surface area (Å²) < 4.78 is 0. The third-order valence-corrected chi connectivity index (χ3v) is 5.76. The van der Waals surface area contributed by atoms with Gasteiger partial charge < -0.3 is 20.0 Å². The summed E-state index contributed by atoms with van der Waals surface area (Å²) in [6.07, 6.45) is 6.56. The molecule has 1 amide bonds. The van der Waals surface area contributed by atoms with Gasteiger partial charge in [-0.1, -0.05) is 6.07 Å². The number of aromatic nitrogens is 3. The Bertz CT molecular complexity index is 1060. The Hall–Kier alpha value is -3.09. The number of nitrogens with one attached hydrogen (secondary N) is 2. The van der Waals surface area contributed by atoms with Crippen molar-refractivity contribution in [1.82, 2.24) is 19.9 Å². The molecule has 7 nitrogen and oxygen atoms in total. The normalized spacial score (nSPS) is 19.0. The molecular formula is C20H20N4O3. The van der Waals surface area contributed by atoms with Gasteiger partial charge in [-0.3, -0.25) is 4.79 Å². The highest BCUT2D eigenvalue weighted by Crippen LogP contribution is 2.32. The molecule has 0 fully saturated rings. The topological polar surface area (TPSA) is 102 Å². The quantitative estimate of drug-likeness (QED) is 0.650. The van der Waals surface area contributed by atoms with Crippen LogP contribution >= 0.6 is 0 Å². The van der Waals surface area contributed by atoms with Gasteiger partial charge in [0, 0.05) is 40.8 Å². The minimum atomic E-state index is -1.06. The van der Waals surface area contributed by atoms with Crippen molar-refractivity contribution >= 4 is 22.8 Å². The van der Waals surface area contributed by atoms with E-state index in [2.05, 4.69) is 15.0 Å². The van der Waals surface area contributed by atoms with Crippen molar-refractivity contribution in [3.63, 3.8) is 0 Å². The first-order chi connectivity index (χ1) is 13.1. The van der Waals surface area contributed by atoms with E-state index >= 15 is 0 Å². The molecular weight excluding hydrogens is 344 g/mol. The summed E-state index contributed by atoms with van der Waals surface area (Å²) in [6.45, 7) is 0.351. The second-order valence-electron chi connectivity index (χ2n) is 7.31. The zero-order valence-electron chi connectivity index (χ0n) is 14.8. The van der Waals surface area contributed by atoms with Crippen LogP contribution in [0.1, 0.15) is 51.9 Å². The molecule has 2 aromatic heterocycles. The number of hydrogen-bond donors (Lipinski definition) is 3. The molecule has 0 bridgehead atoms. The third-order valence-electron chi connectivity index (χ3n) is 5.76. The highest BCUT2D eigenvalue weighted by Gasteiger charge is 2.38. The first kappa shape index (κ1) is 16.1. The van der Waals surface area contributed by atoms with Gasteiger partial charge in [0.1, 0.15) is 0 Å². The molecule has 1 aliphatic carbocycles. The second-order valence-corrected chi connectivity index (χ2v) is 7.31.